The molecule has 1 aromatic carbocycles. The maximum Gasteiger partial charge on any atom is 0.573 e. The summed E-state index contributed by atoms with van der Waals surface area (Å²) < 4.78 is 43.1. The number of benzene rings is 1. The Balaban J connectivity index is 1.59. The molecule has 0 spiro atoms. The lowest BCUT2D eigenvalue weighted by atomic mass is 10.3. The van der Waals surface area contributed by atoms with Crippen molar-refractivity contribution in [2.45, 2.75) is 25.2 Å². The van der Waals surface area contributed by atoms with Gasteiger partial charge in [-0.25, -0.2) is 9.78 Å². The third-order valence-corrected chi connectivity index (χ3v) is 4.72. The highest BCUT2D eigenvalue weighted by molar-refractivity contribution is 5.62. The minimum atomic E-state index is -4.81. The highest BCUT2D eigenvalue weighted by atomic mass is 19.4. The number of hydrogen-bond donors (Lipinski definition) is 4. The molecular weight excluding hydrogens is 443 g/mol. The number of H-pyrrole nitrogens is 2. The van der Waals surface area contributed by atoms with Gasteiger partial charge < -0.3 is 20.1 Å². The predicted molar refractivity (Wildman–Crippen MR) is 110 cm³/mol. The first-order chi connectivity index (χ1) is 15.7. The molecule has 170 valence electrons. The fourth-order valence-corrected chi connectivity index (χ4v) is 3.18. The van der Waals surface area contributed by atoms with Gasteiger partial charge >= 0.3 is 12.1 Å². The van der Waals surface area contributed by atoms with E-state index >= 15 is 0 Å². The average molecular weight is 459 g/mol. The van der Waals surface area contributed by atoms with Crippen LogP contribution >= 0.6 is 0 Å². The third-order valence-electron chi connectivity index (χ3n) is 4.72. The number of nitrogens with zero attached hydrogens (tertiary/aromatic N) is 4. The standard InChI is InChI=1S/C20H16F3N7O3/c21-20(22,23)33-13-3-1-2-12(7-13)25-15-8-16(26-11-4-5-11)30-17(28-15)10(9-24-30)6-14-18(31)29-19(32)27-14/h1-3,6-9,11,25,31H,4-5H2,(H2,27,29,32). The summed E-state index contributed by atoms with van der Waals surface area (Å²) in [5.74, 6) is -0.396. The predicted octanol–water partition coefficient (Wildman–Crippen LogP) is 1.70. The van der Waals surface area contributed by atoms with Crippen LogP contribution < -0.4 is 26.4 Å². The molecule has 33 heavy (non-hydrogen) atoms. The fourth-order valence-electron chi connectivity index (χ4n) is 3.18. The quantitative estimate of drug-likeness (QED) is 0.359. The number of imidazole rings is 1. The number of aromatic hydroxyl groups is 1. The van der Waals surface area contributed by atoms with Gasteiger partial charge in [0.1, 0.15) is 17.3 Å². The van der Waals surface area contributed by atoms with E-state index < -0.39 is 12.1 Å². The zero-order chi connectivity index (χ0) is 23.2. The Labute approximate surface area is 182 Å². The SMILES string of the molecule is O=c1[nH]c(O)c(C=c2cnn3c(=NC4CC4)cc(Nc4cccc(OC(F)(F)F)c4)nc23)[nH]1. The summed E-state index contributed by atoms with van der Waals surface area (Å²) in [5, 5.41) is 17.6. The first-order valence-electron chi connectivity index (χ1n) is 9.82. The Bertz CT molecular complexity index is 1520. The second kappa shape index (κ2) is 7.69. The molecule has 0 bridgehead atoms. The van der Waals surface area contributed by atoms with Crippen LogP contribution in [0, 0.1) is 0 Å². The Morgan fingerprint density at radius 3 is 2.79 bits per heavy atom. The summed E-state index contributed by atoms with van der Waals surface area (Å²) >= 11 is 0. The number of hydrogen-bond acceptors (Lipinski definition) is 7. The van der Waals surface area contributed by atoms with Gasteiger partial charge in [-0.3, -0.25) is 9.98 Å². The van der Waals surface area contributed by atoms with Crippen molar-refractivity contribution < 1.29 is 23.0 Å². The number of fused-ring (bicyclic) bond motifs is 1. The first-order valence-corrected chi connectivity index (χ1v) is 9.82. The third kappa shape index (κ3) is 4.66. The molecule has 0 amide bonds. The molecule has 0 atom stereocenters. The molecular formula is C20H16F3N7O3. The summed E-state index contributed by atoms with van der Waals surface area (Å²) in [4.78, 5) is 25.2. The monoisotopic (exact) mass is 459 g/mol. The first kappa shape index (κ1) is 20.6. The number of nitrogens with one attached hydrogen (secondary N) is 3. The van der Waals surface area contributed by atoms with E-state index in [1.807, 2.05) is 0 Å². The number of ether oxygens (including phenoxy) is 1. The van der Waals surface area contributed by atoms with Gasteiger partial charge in [0.25, 0.3) is 0 Å². The lowest BCUT2D eigenvalue weighted by Gasteiger charge is -2.11. The number of anilines is 2. The minimum absolute atomic E-state index is 0.146. The largest absolute Gasteiger partial charge is 0.573 e. The molecule has 3 heterocycles. The zero-order valence-electron chi connectivity index (χ0n) is 16.7. The molecule has 4 aromatic rings. The van der Waals surface area contributed by atoms with E-state index in [0.29, 0.717) is 27.9 Å². The van der Waals surface area contributed by atoms with Crippen LogP contribution in [0.1, 0.15) is 18.5 Å². The summed E-state index contributed by atoms with van der Waals surface area (Å²) in [6, 6.07) is 7.17. The van der Waals surface area contributed by atoms with Gasteiger partial charge in [0.05, 0.1) is 12.2 Å². The van der Waals surface area contributed by atoms with E-state index in [0.717, 1.165) is 12.8 Å². The lowest BCUT2D eigenvalue weighted by molar-refractivity contribution is -0.274. The summed E-state index contributed by atoms with van der Waals surface area (Å²) in [7, 11) is 0. The molecule has 5 rings (SSSR count). The van der Waals surface area contributed by atoms with E-state index in [1.165, 1.54) is 35.0 Å². The van der Waals surface area contributed by atoms with Crippen LogP contribution in [-0.2, 0) is 0 Å². The van der Waals surface area contributed by atoms with Crippen molar-refractivity contribution in [3.63, 3.8) is 0 Å². The second-order valence-corrected chi connectivity index (χ2v) is 7.38. The van der Waals surface area contributed by atoms with Crippen molar-refractivity contribution in [1.82, 2.24) is 24.6 Å². The molecule has 0 aliphatic heterocycles. The lowest BCUT2D eigenvalue weighted by Crippen LogP contribution is -2.20. The number of halogens is 3. The van der Waals surface area contributed by atoms with Gasteiger partial charge in [-0.2, -0.15) is 9.61 Å². The number of aromatic amines is 2. The highest BCUT2D eigenvalue weighted by Gasteiger charge is 2.31. The molecule has 4 N–H and O–H groups in total. The van der Waals surface area contributed by atoms with Gasteiger partial charge in [0.2, 0.25) is 5.88 Å². The van der Waals surface area contributed by atoms with Crippen molar-refractivity contribution in [3.8, 4) is 11.6 Å². The minimum Gasteiger partial charge on any atom is -0.493 e. The van der Waals surface area contributed by atoms with Crippen LogP contribution in [0.15, 0.2) is 46.3 Å². The smallest absolute Gasteiger partial charge is 0.493 e. The number of rotatable bonds is 5. The van der Waals surface area contributed by atoms with Crippen molar-refractivity contribution in [3.05, 3.63) is 63.4 Å². The van der Waals surface area contributed by atoms with Crippen molar-refractivity contribution in [2.75, 3.05) is 5.32 Å². The second-order valence-electron chi connectivity index (χ2n) is 7.38. The molecule has 1 aliphatic rings. The van der Waals surface area contributed by atoms with E-state index in [2.05, 4.69) is 35.1 Å². The molecule has 10 nitrogen and oxygen atoms in total. The summed E-state index contributed by atoms with van der Waals surface area (Å²) in [6.07, 6.45) is 0.0784. The molecule has 1 fully saturated rings. The summed E-state index contributed by atoms with van der Waals surface area (Å²) in [5.41, 5.74) is 0.759. The van der Waals surface area contributed by atoms with E-state index in [4.69, 9.17) is 0 Å². The Hall–Kier alpha value is -4.29. The van der Waals surface area contributed by atoms with Crippen molar-refractivity contribution >= 4 is 23.2 Å². The van der Waals surface area contributed by atoms with Gasteiger partial charge in [0, 0.05) is 23.0 Å². The molecule has 13 heteroatoms. The molecule has 1 aliphatic carbocycles. The van der Waals surface area contributed by atoms with Crippen molar-refractivity contribution in [1.29, 1.82) is 0 Å². The Kier molecular flexibility index (Phi) is 4.80. The molecule has 0 radical (unpaired) electrons. The van der Waals surface area contributed by atoms with E-state index in [-0.39, 0.29) is 23.4 Å². The van der Waals surface area contributed by atoms with Crippen LogP contribution in [-0.4, -0.2) is 42.1 Å². The van der Waals surface area contributed by atoms with Gasteiger partial charge in [-0.1, -0.05) is 6.07 Å². The number of aromatic nitrogens is 5. The highest BCUT2D eigenvalue weighted by Crippen LogP contribution is 2.26. The maximum atomic E-state index is 12.5. The zero-order valence-corrected chi connectivity index (χ0v) is 16.7. The van der Waals surface area contributed by atoms with Crippen LogP contribution in [0.4, 0.5) is 24.7 Å². The van der Waals surface area contributed by atoms with E-state index in [9.17, 15) is 23.1 Å². The van der Waals surface area contributed by atoms with Crippen LogP contribution in [0.2, 0.25) is 0 Å². The normalized spacial score (nSPS) is 15.4. The molecule has 0 saturated heterocycles. The van der Waals surface area contributed by atoms with Crippen molar-refractivity contribution in [2.24, 2.45) is 4.99 Å². The van der Waals surface area contributed by atoms with Gasteiger partial charge in [-0.15, -0.1) is 13.2 Å². The van der Waals surface area contributed by atoms with Gasteiger partial charge in [-0.05, 0) is 31.1 Å². The fraction of sp³-hybridized carbons (Fsp3) is 0.200. The molecule has 1 saturated carbocycles. The molecule has 0 unspecified atom stereocenters. The summed E-state index contributed by atoms with van der Waals surface area (Å²) in [6.45, 7) is 0. The van der Waals surface area contributed by atoms with Crippen LogP contribution in [0.5, 0.6) is 11.6 Å². The van der Waals surface area contributed by atoms with Crippen LogP contribution in [0.3, 0.4) is 0 Å². The Morgan fingerprint density at radius 2 is 2.09 bits per heavy atom. The molecule has 3 aromatic heterocycles. The number of alkyl halides is 3. The average Bonchev–Trinajstić information content (AvgIpc) is 3.36. The Morgan fingerprint density at radius 1 is 1.27 bits per heavy atom. The topological polar surface area (TPSA) is 133 Å². The maximum absolute atomic E-state index is 12.5. The van der Waals surface area contributed by atoms with Crippen LogP contribution in [0.25, 0.3) is 11.7 Å². The van der Waals surface area contributed by atoms with E-state index in [1.54, 1.807) is 12.1 Å². The van der Waals surface area contributed by atoms with Gasteiger partial charge in [0.15, 0.2) is 11.1 Å².